The van der Waals surface area contributed by atoms with Gasteiger partial charge in [0, 0.05) is 33.4 Å². The van der Waals surface area contributed by atoms with Gasteiger partial charge in [0.25, 0.3) is 0 Å². The molecule has 0 spiro atoms. The van der Waals surface area contributed by atoms with Crippen molar-refractivity contribution in [1.82, 2.24) is 0 Å². The fraction of sp³-hybridized carbons (Fsp3) is 0.100. The fourth-order valence-corrected chi connectivity index (χ4v) is 4.03. The smallest absolute Gasteiger partial charge is 0.289 e. The van der Waals surface area contributed by atoms with E-state index in [1.54, 1.807) is 0 Å². The van der Waals surface area contributed by atoms with E-state index in [1.165, 1.54) is 0 Å². The Morgan fingerprint density at radius 2 is 0.595 bits per heavy atom. The van der Waals surface area contributed by atoms with Gasteiger partial charge in [-0.15, -0.1) is 0 Å². The molecule has 0 heterocycles. The van der Waals surface area contributed by atoms with Crippen molar-refractivity contribution in [3.63, 3.8) is 0 Å². The average molecular weight is 594 g/mol. The van der Waals surface area contributed by atoms with E-state index in [0.29, 0.717) is 36.4 Å². The summed E-state index contributed by atoms with van der Waals surface area (Å²) < 4.78 is 119. The predicted molar refractivity (Wildman–Crippen MR) is 131 cm³/mol. The first-order valence-electron chi connectivity index (χ1n) is 11.8. The lowest BCUT2D eigenvalue weighted by atomic mass is 9.91. The van der Waals surface area contributed by atoms with Gasteiger partial charge in [-0.3, -0.25) is 14.4 Å². The van der Waals surface area contributed by atoms with Gasteiger partial charge in [0.2, 0.25) is 0 Å². The highest BCUT2D eigenvalue weighted by Crippen LogP contribution is 2.33. The van der Waals surface area contributed by atoms with Crippen LogP contribution in [0.3, 0.4) is 0 Å². The molecule has 0 aromatic heterocycles. The minimum absolute atomic E-state index is 0.494. The van der Waals surface area contributed by atoms with Crippen LogP contribution in [0.15, 0.2) is 91.0 Å². The van der Waals surface area contributed by atoms with Crippen molar-refractivity contribution in [2.45, 2.75) is 18.5 Å². The first kappa shape index (κ1) is 30.2. The third kappa shape index (κ3) is 6.59. The average Bonchev–Trinajstić information content (AvgIpc) is 2.94. The molecular formula is C30H15F9O3. The Kier molecular flexibility index (Phi) is 7.86. The van der Waals surface area contributed by atoms with Crippen LogP contribution in [0.5, 0.6) is 0 Å². The molecule has 0 radical (unpaired) electrons. The second kappa shape index (κ2) is 10.9. The molecule has 0 bridgehead atoms. The van der Waals surface area contributed by atoms with Crippen LogP contribution in [0.1, 0.15) is 64.5 Å². The standard InChI is InChI=1S/C30H15F9O3/c31-28(32,33)22-7-1-4-16(13-22)25(40)19-10-20(26(41)17-5-2-8-23(14-17)29(34,35)36)12-21(11-19)27(42)18-6-3-9-24(15-18)30(37,38)39/h1-15H. The van der Waals surface area contributed by atoms with E-state index >= 15 is 0 Å². The Hall–Kier alpha value is -4.74. The lowest BCUT2D eigenvalue weighted by Gasteiger charge is -2.12. The summed E-state index contributed by atoms with van der Waals surface area (Å²) in [5, 5.41) is 0. The maximum absolute atomic E-state index is 13.2. The monoisotopic (exact) mass is 594 g/mol. The molecule has 0 amide bonds. The Morgan fingerprint density at radius 3 is 0.810 bits per heavy atom. The van der Waals surface area contributed by atoms with Gasteiger partial charge in [-0.2, -0.15) is 39.5 Å². The van der Waals surface area contributed by atoms with Crippen LogP contribution in [0.25, 0.3) is 0 Å². The maximum Gasteiger partial charge on any atom is 0.416 e. The van der Waals surface area contributed by atoms with Gasteiger partial charge in [-0.1, -0.05) is 36.4 Å². The molecular weight excluding hydrogens is 579 g/mol. The Balaban J connectivity index is 1.86. The fourth-order valence-electron chi connectivity index (χ4n) is 4.03. The normalized spacial score (nSPS) is 12.2. The highest BCUT2D eigenvalue weighted by molar-refractivity contribution is 6.17. The topological polar surface area (TPSA) is 51.2 Å². The zero-order valence-corrected chi connectivity index (χ0v) is 20.8. The lowest BCUT2D eigenvalue weighted by Crippen LogP contribution is -2.13. The summed E-state index contributed by atoms with van der Waals surface area (Å²) in [6, 6.07) is 12.3. The molecule has 12 heteroatoms. The number of benzene rings is 4. The van der Waals surface area contributed by atoms with E-state index in [9.17, 15) is 53.9 Å². The summed E-state index contributed by atoms with van der Waals surface area (Å²) >= 11 is 0. The highest BCUT2D eigenvalue weighted by atomic mass is 19.4. The van der Waals surface area contributed by atoms with E-state index in [2.05, 4.69) is 0 Å². The SMILES string of the molecule is O=C(c1cc(C(=O)c2cccc(C(F)(F)F)c2)cc(C(=O)c2cccc(C(F)(F)F)c2)c1)c1cccc(C(F)(F)F)c1. The summed E-state index contributed by atoms with van der Waals surface area (Å²) in [4.78, 5) is 39.7. The van der Waals surface area contributed by atoms with Crippen LogP contribution in [0, 0.1) is 0 Å². The number of carbonyl (C=O) groups excluding carboxylic acids is 3. The van der Waals surface area contributed by atoms with E-state index < -0.39 is 85.9 Å². The van der Waals surface area contributed by atoms with Crippen LogP contribution in [0.4, 0.5) is 39.5 Å². The van der Waals surface area contributed by atoms with Crippen molar-refractivity contribution < 1.29 is 53.9 Å². The van der Waals surface area contributed by atoms with Gasteiger partial charge in [-0.25, -0.2) is 0 Å². The molecule has 0 aliphatic heterocycles. The first-order valence-corrected chi connectivity index (χ1v) is 11.8. The van der Waals surface area contributed by atoms with Crippen molar-refractivity contribution in [2.75, 3.05) is 0 Å². The lowest BCUT2D eigenvalue weighted by molar-refractivity contribution is -0.138. The number of alkyl halides is 9. The number of hydrogen-bond acceptors (Lipinski definition) is 3. The van der Waals surface area contributed by atoms with Crippen molar-refractivity contribution in [3.05, 3.63) is 141 Å². The summed E-state index contributed by atoms with van der Waals surface area (Å²) in [5.41, 5.74) is -6.50. The van der Waals surface area contributed by atoms with E-state index in [-0.39, 0.29) is 0 Å². The molecule has 216 valence electrons. The van der Waals surface area contributed by atoms with Gasteiger partial charge in [-0.05, 0) is 54.6 Å². The van der Waals surface area contributed by atoms with Gasteiger partial charge < -0.3 is 0 Å². The van der Waals surface area contributed by atoms with Gasteiger partial charge in [0.15, 0.2) is 17.3 Å². The number of carbonyl (C=O) groups is 3. The molecule has 0 N–H and O–H groups in total. The molecule has 4 rings (SSSR count). The number of halogens is 9. The maximum atomic E-state index is 13.2. The number of rotatable bonds is 6. The minimum Gasteiger partial charge on any atom is -0.289 e. The van der Waals surface area contributed by atoms with Crippen LogP contribution in [0.2, 0.25) is 0 Å². The largest absolute Gasteiger partial charge is 0.416 e. The molecule has 3 nitrogen and oxygen atoms in total. The molecule has 0 saturated heterocycles. The zero-order valence-electron chi connectivity index (χ0n) is 20.8. The highest BCUT2D eigenvalue weighted by Gasteiger charge is 2.33. The quantitative estimate of drug-likeness (QED) is 0.166. The molecule has 0 fully saturated rings. The first-order chi connectivity index (χ1) is 19.4. The Morgan fingerprint density at radius 1 is 0.357 bits per heavy atom. The molecule has 4 aromatic rings. The predicted octanol–water partition coefficient (Wildman–Crippen LogP) is 8.44. The third-order valence-corrected chi connectivity index (χ3v) is 6.08. The Labute approximate surface area is 231 Å². The van der Waals surface area contributed by atoms with Crippen LogP contribution in [-0.2, 0) is 18.5 Å². The molecule has 0 aliphatic rings. The van der Waals surface area contributed by atoms with E-state index in [1.807, 2.05) is 0 Å². The van der Waals surface area contributed by atoms with Crippen molar-refractivity contribution >= 4 is 17.3 Å². The van der Waals surface area contributed by atoms with E-state index in [4.69, 9.17) is 0 Å². The van der Waals surface area contributed by atoms with E-state index in [0.717, 1.165) is 54.6 Å². The molecule has 4 aromatic carbocycles. The van der Waals surface area contributed by atoms with Crippen LogP contribution >= 0.6 is 0 Å². The molecule has 42 heavy (non-hydrogen) atoms. The summed E-state index contributed by atoms with van der Waals surface area (Å²) in [7, 11) is 0. The second-order valence-electron chi connectivity index (χ2n) is 9.02. The molecule has 0 saturated carbocycles. The second-order valence-corrected chi connectivity index (χ2v) is 9.02. The van der Waals surface area contributed by atoms with Gasteiger partial charge in [0.1, 0.15) is 0 Å². The zero-order chi connectivity index (χ0) is 31.0. The summed E-state index contributed by atoms with van der Waals surface area (Å²) in [6.45, 7) is 0. The number of ketones is 3. The van der Waals surface area contributed by atoms with Gasteiger partial charge >= 0.3 is 18.5 Å². The van der Waals surface area contributed by atoms with Crippen molar-refractivity contribution in [2.24, 2.45) is 0 Å². The third-order valence-electron chi connectivity index (χ3n) is 6.08. The van der Waals surface area contributed by atoms with Crippen LogP contribution < -0.4 is 0 Å². The van der Waals surface area contributed by atoms with Crippen LogP contribution in [-0.4, -0.2) is 17.3 Å². The Bertz CT molecular complexity index is 1490. The minimum atomic E-state index is -4.82. The number of hydrogen-bond donors (Lipinski definition) is 0. The van der Waals surface area contributed by atoms with Crippen molar-refractivity contribution in [1.29, 1.82) is 0 Å². The summed E-state index contributed by atoms with van der Waals surface area (Å²) in [5.74, 6) is -3.26. The molecule has 0 atom stereocenters. The van der Waals surface area contributed by atoms with Crippen molar-refractivity contribution in [3.8, 4) is 0 Å². The molecule has 0 unspecified atom stereocenters. The summed E-state index contributed by atoms with van der Waals surface area (Å²) in [6.07, 6.45) is -14.5. The molecule has 0 aliphatic carbocycles. The van der Waals surface area contributed by atoms with Gasteiger partial charge in [0.05, 0.1) is 16.7 Å².